The Morgan fingerprint density at radius 2 is 0.466 bits per heavy atom. The van der Waals surface area contributed by atoms with Gasteiger partial charge in [0.1, 0.15) is 19.3 Å². The number of hydrogen-bond acceptors (Lipinski definition) is 15. The topological polar surface area (TPSA) is 237 Å². The van der Waals surface area contributed by atoms with E-state index < -0.39 is 97.5 Å². The Bertz CT molecular complexity index is 2010. The van der Waals surface area contributed by atoms with Gasteiger partial charge in [-0.1, -0.05) is 383 Å². The average Bonchev–Trinajstić information content (AvgIpc) is 0.905. The summed E-state index contributed by atoms with van der Waals surface area (Å²) >= 11 is 0. The highest BCUT2D eigenvalue weighted by molar-refractivity contribution is 7.47. The Balaban J connectivity index is 5.22. The molecule has 0 aliphatic heterocycles. The lowest BCUT2D eigenvalue weighted by Gasteiger charge is -2.21. The molecule has 0 saturated heterocycles. The van der Waals surface area contributed by atoms with Crippen LogP contribution in [0.1, 0.15) is 434 Å². The van der Waals surface area contributed by atoms with E-state index in [0.29, 0.717) is 25.7 Å². The predicted molar refractivity (Wildman–Crippen MR) is 423 cm³/mol. The van der Waals surface area contributed by atoms with Crippen molar-refractivity contribution in [2.24, 2.45) is 23.7 Å². The van der Waals surface area contributed by atoms with Crippen LogP contribution >= 0.6 is 15.6 Å². The molecule has 17 nitrogen and oxygen atoms in total. The Labute approximate surface area is 632 Å². The zero-order valence-electron chi connectivity index (χ0n) is 68.0. The molecule has 0 bridgehead atoms. The maximum absolute atomic E-state index is 13.1. The van der Waals surface area contributed by atoms with E-state index in [0.717, 1.165) is 120 Å². The number of phosphoric ester groups is 2. The second-order valence-corrected chi connectivity index (χ2v) is 34.8. The first-order chi connectivity index (χ1) is 49.6. The average molecular weight is 1510 g/mol. The summed E-state index contributed by atoms with van der Waals surface area (Å²) in [6.07, 6.45) is 61.1. The third-order valence-corrected chi connectivity index (χ3v) is 21.8. The van der Waals surface area contributed by atoms with Gasteiger partial charge in [0.05, 0.1) is 26.4 Å². The summed E-state index contributed by atoms with van der Waals surface area (Å²) in [5.41, 5.74) is 0. The van der Waals surface area contributed by atoms with E-state index in [1.807, 2.05) is 0 Å². The Morgan fingerprint density at radius 1 is 0.272 bits per heavy atom. The van der Waals surface area contributed by atoms with Crippen molar-refractivity contribution < 1.29 is 80.2 Å². The lowest BCUT2D eigenvalue weighted by molar-refractivity contribution is -0.161. The zero-order valence-corrected chi connectivity index (χ0v) is 69.7. The van der Waals surface area contributed by atoms with Crippen molar-refractivity contribution in [1.82, 2.24) is 0 Å². The summed E-state index contributed by atoms with van der Waals surface area (Å²) in [6, 6.07) is 0. The van der Waals surface area contributed by atoms with Gasteiger partial charge in [-0.25, -0.2) is 9.13 Å². The van der Waals surface area contributed by atoms with Gasteiger partial charge in [-0.15, -0.1) is 0 Å². The van der Waals surface area contributed by atoms with E-state index in [2.05, 4.69) is 55.4 Å². The van der Waals surface area contributed by atoms with Crippen molar-refractivity contribution >= 4 is 39.5 Å². The molecule has 0 aromatic rings. The Kier molecular flexibility index (Phi) is 71.5. The van der Waals surface area contributed by atoms with Crippen LogP contribution in [0.4, 0.5) is 0 Å². The molecule has 0 fully saturated rings. The fourth-order valence-electron chi connectivity index (χ4n) is 12.9. The van der Waals surface area contributed by atoms with Gasteiger partial charge >= 0.3 is 39.5 Å². The van der Waals surface area contributed by atoms with Gasteiger partial charge in [0.25, 0.3) is 0 Å². The van der Waals surface area contributed by atoms with Gasteiger partial charge in [-0.3, -0.25) is 37.3 Å². The van der Waals surface area contributed by atoms with Gasteiger partial charge in [-0.2, -0.15) is 0 Å². The number of rotatable bonds is 81. The molecule has 0 aromatic carbocycles. The first kappa shape index (κ1) is 101. The smallest absolute Gasteiger partial charge is 0.462 e. The number of ether oxygens (including phenoxy) is 4. The van der Waals surface area contributed by atoms with Crippen molar-refractivity contribution in [3.63, 3.8) is 0 Å². The second-order valence-electron chi connectivity index (χ2n) is 31.9. The monoisotopic (exact) mass is 1510 g/mol. The normalized spacial score (nSPS) is 14.2. The quantitative estimate of drug-likeness (QED) is 0.0222. The molecule has 3 N–H and O–H groups in total. The molecule has 0 rings (SSSR count). The molecule has 103 heavy (non-hydrogen) atoms. The van der Waals surface area contributed by atoms with Gasteiger partial charge in [0, 0.05) is 25.7 Å². The van der Waals surface area contributed by atoms with E-state index in [1.54, 1.807) is 0 Å². The standard InChI is InChI=1S/C84H164O17P2/c1-9-77(8)63-55-47-42-43-49-57-65-82(87)95-71-80(101-84(89)67-59-51-41-35-29-23-17-20-26-32-38-46-54-62-76(6)7)73-99-103(92,93)97-69-78(85)68-96-102(90,91)98-72-79(100-83(88)66-58-50-40-34-28-22-16-19-25-31-37-45-53-61-75(4)5)70-94-81(86)64-56-48-39-33-27-21-15-13-11-10-12-14-18-24-30-36-44-52-60-74(2)3/h74-80,85H,9-73H2,1-8H3,(H,90,91)(H,92,93)/t77?,78-,79-,80-/m1/s1. The molecule has 19 heteroatoms. The van der Waals surface area contributed by atoms with E-state index in [-0.39, 0.29) is 25.7 Å². The minimum atomic E-state index is -4.96. The summed E-state index contributed by atoms with van der Waals surface area (Å²) in [6.45, 7) is 14.3. The predicted octanol–water partition coefficient (Wildman–Crippen LogP) is 25.2. The van der Waals surface area contributed by atoms with Crippen LogP contribution in [0, 0.1) is 23.7 Å². The van der Waals surface area contributed by atoms with Gasteiger partial charge in [0.15, 0.2) is 12.2 Å². The first-order valence-corrected chi connectivity index (χ1v) is 46.2. The molecule has 0 amide bonds. The highest BCUT2D eigenvalue weighted by atomic mass is 31.2. The second kappa shape index (κ2) is 72.9. The van der Waals surface area contributed by atoms with Gasteiger partial charge in [-0.05, 0) is 49.4 Å². The van der Waals surface area contributed by atoms with E-state index in [1.165, 1.54) is 231 Å². The maximum atomic E-state index is 13.1. The van der Waals surface area contributed by atoms with Gasteiger partial charge in [0.2, 0.25) is 0 Å². The van der Waals surface area contributed by atoms with Crippen molar-refractivity contribution in [2.45, 2.75) is 453 Å². The number of esters is 4. The van der Waals surface area contributed by atoms with E-state index >= 15 is 0 Å². The van der Waals surface area contributed by atoms with Crippen molar-refractivity contribution in [1.29, 1.82) is 0 Å². The zero-order chi connectivity index (χ0) is 76.0. The SMILES string of the molecule is CCC(C)CCCCCCCCC(=O)OC[C@H](COP(=O)(O)OC[C@H](O)COP(=O)(O)OC[C@@H](COC(=O)CCCCCCCCCCCCCCCCCCCCC(C)C)OC(=O)CCCCCCCCCCCCCCCC(C)C)OC(=O)CCCCCCCCCCCCCCCC(C)C. The van der Waals surface area contributed by atoms with Crippen molar-refractivity contribution in [3.05, 3.63) is 0 Å². The molecule has 0 radical (unpaired) electrons. The molecule has 0 aliphatic carbocycles. The summed E-state index contributed by atoms with van der Waals surface area (Å²) in [4.78, 5) is 73.1. The highest BCUT2D eigenvalue weighted by Crippen LogP contribution is 2.45. The molecule has 6 atom stereocenters. The molecule has 0 saturated carbocycles. The number of aliphatic hydroxyl groups is 1. The molecule has 0 aliphatic rings. The minimum absolute atomic E-state index is 0.106. The first-order valence-electron chi connectivity index (χ1n) is 43.2. The molecular formula is C84H164O17P2. The molecule has 0 heterocycles. The Hall–Kier alpha value is -1.94. The lowest BCUT2D eigenvalue weighted by Crippen LogP contribution is -2.30. The summed E-state index contributed by atoms with van der Waals surface area (Å²) < 4.78 is 68.8. The number of aliphatic hydroxyl groups excluding tert-OH is 1. The summed E-state index contributed by atoms with van der Waals surface area (Å²) in [5, 5.41) is 10.7. The van der Waals surface area contributed by atoms with Crippen LogP contribution in [-0.2, 0) is 65.4 Å². The summed E-state index contributed by atoms with van der Waals surface area (Å²) in [5.74, 6) is 1.02. The number of unbranched alkanes of at least 4 members (excludes halogenated alkanes) is 46. The fraction of sp³-hybridized carbons (Fsp3) is 0.952. The van der Waals surface area contributed by atoms with E-state index in [4.69, 9.17) is 37.0 Å². The third-order valence-electron chi connectivity index (χ3n) is 19.9. The molecule has 612 valence electrons. The number of hydrogen-bond donors (Lipinski definition) is 3. The van der Waals surface area contributed by atoms with Crippen LogP contribution < -0.4 is 0 Å². The largest absolute Gasteiger partial charge is 0.472 e. The number of carbonyl (C=O) groups is 4. The maximum Gasteiger partial charge on any atom is 0.472 e. The van der Waals surface area contributed by atoms with Crippen LogP contribution in [0.2, 0.25) is 0 Å². The molecule has 3 unspecified atom stereocenters. The fourth-order valence-corrected chi connectivity index (χ4v) is 14.5. The lowest BCUT2D eigenvalue weighted by atomic mass is 10.00. The van der Waals surface area contributed by atoms with Crippen LogP contribution in [0.25, 0.3) is 0 Å². The van der Waals surface area contributed by atoms with Crippen LogP contribution in [0.3, 0.4) is 0 Å². The van der Waals surface area contributed by atoms with Crippen molar-refractivity contribution in [2.75, 3.05) is 39.6 Å². The van der Waals surface area contributed by atoms with E-state index in [9.17, 15) is 43.2 Å². The Morgan fingerprint density at radius 3 is 0.689 bits per heavy atom. The molecule has 0 aromatic heterocycles. The van der Waals surface area contributed by atoms with Crippen LogP contribution in [0.15, 0.2) is 0 Å². The van der Waals surface area contributed by atoms with Crippen molar-refractivity contribution in [3.8, 4) is 0 Å². The van der Waals surface area contributed by atoms with Gasteiger partial charge < -0.3 is 33.8 Å². The minimum Gasteiger partial charge on any atom is -0.462 e. The summed E-state index contributed by atoms with van der Waals surface area (Å²) in [7, 11) is -9.93. The number of phosphoric acid groups is 2. The highest BCUT2D eigenvalue weighted by Gasteiger charge is 2.30. The third kappa shape index (κ3) is 76.6. The molecular weight excluding hydrogens is 1340 g/mol. The molecule has 0 spiro atoms. The van der Waals surface area contributed by atoms with Crippen LogP contribution in [0.5, 0.6) is 0 Å². The number of carbonyl (C=O) groups excluding carboxylic acids is 4. The van der Waals surface area contributed by atoms with Crippen LogP contribution in [-0.4, -0.2) is 96.7 Å².